The van der Waals surface area contributed by atoms with Crippen LogP contribution in [0.3, 0.4) is 0 Å². The summed E-state index contributed by atoms with van der Waals surface area (Å²) in [6.07, 6.45) is 3.18. The summed E-state index contributed by atoms with van der Waals surface area (Å²) in [5.41, 5.74) is 2.72. The lowest BCUT2D eigenvalue weighted by Crippen LogP contribution is -2.25. The molecule has 0 bridgehead atoms. The number of carbonyl (C=O) groups is 1. The third kappa shape index (κ3) is 4.97. The second-order valence-electron chi connectivity index (χ2n) is 6.24. The van der Waals surface area contributed by atoms with Crippen molar-refractivity contribution in [2.24, 2.45) is 0 Å². The van der Waals surface area contributed by atoms with Crippen molar-refractivity contribution >= 4 is 12.0 Å². The smallest absolute Gasteiger partial charge is 0.244 e. The van der Waals surface area contributed by atoms with Crippen molar-refractivity contribution in [1.82, 2.24) is 5.32 Å². The Morgan fingerprint density at radius 1 is 0.929 bits per heavy atom. The van der Waals surface area contributed by atoms with Gasteiger partial charge in [-0.15, -0.1) is 0 Å². The van der Waals surface area contributed by atoms with Crippen LogP contribution in [0.25, 0.3) is 6.08 Å². The summed E-state index contributed by atoms with van der Waals surface area (Å²) in [6, 6.07) is 8.99. The summed E-state index contributed by atoms with van der Waals surface area (Å²) in [7, 11) is 6.36. The summed E-state index contributed by atoms with van der Waals surface area (Å²) in [5, 5.41) is 2.97. The fourth-order valence-electron chi connectivity index (χ4n) is 2.94. The molecule has 2 rings (SSSR count). The Kier molecular flexibility index (Phi) is 7.32. The standard InChI is InChI=1S/C22H27NO5/c1-14-11-20(27-5)21(28-6)13-18(14)15(2)23-22(24)10-7-16-12-17(25-3)8-9-19(16)26-4/h7-13,15H,1-6H3,(H,23,24)/b10-7+/t15-/m0/s1. The van der Waals surface area contributed by atoms with Gasteiger partial charge in [0.25, 0.3) is 0 Å². The van der Waals surface area contributed by atoms with E-state index in [0.29, 0.717) is 23.0 Å². The molecule has 0 aliphatic carbocycles. The molecule has 0 fully saturated rings. The topological polar surface area (TPSA) is 66.0 Å². The Balaban J connectivity index is 2.16. The van der Waals surface area contributed by atoms with E-state index in [9.17, 15) is 4.79 Å². The van der Waals surface area contributed by atoms with Crippen LogP contribution in [0.5, 0.6) is 23.0 Å². The molecule has 0 aliphatic heterocycles. The van der Waals surface area contributed by atoms with Crippen LogP contribution >= 0.6 is 0 Å². The molecule has 0 radical (unpaired) electrons. The Bertz CT molecular complexity index is 860. The first-order chi connectivity index (χ1) is 13.4. The largest absolute Gasteiger partial charge is 0.497 e. The zero-order chi connectivity index (χ0) is 20.7. The number of hydrogen-bond acceptors (Lipinski definition) is 5. The quantitative estimate of drug-likeness (QED) is 0.698. The molecule has 1 amide bonds. The molecule has 0 heterocycles. The zero-order valence-electron chi connectivity index (χ0n) is 17.2. The number of methoxy groups -OCH3 is 4. The normalized spacial score (nSPS) is 11.8. The van der Waals surface area contributed by atoms with Gasteiger partial charge in [-0.2, -0.15) is 0 Å². The van der Waals surface area contributed by atoms with Crippen LogP contribution in [0.2, 0.25) is 0 Å². The Labute approximate surface area is 166 Å². The number of rotatable bonds is 8. The lowest BCUT2D eigenvalue weighted by atomic mass is 10.0. The Morgan fingerprint density at radius 2 is 1.57 bits per heavy atom. The van der Waals surface area contributed by atoms with Crippen LogP contribution in [-0.2, 0) is 4.79 Å². The molecule has 0 saturated carbocycles. The van der Waals surface area contributed by atoms with E-state index >= 15 is 0 Å². The minimum atomic E-state index is -0.216. The molecule has 0 saturated heterocycles. The first-order valence-corrected chi connectivity index (χ1v) is 8.86. The van der Waals surface area contributed by atoms with Gasteiger partial charge in [0, 0.05) is 11.6 Å². The average molecular weight is 385 g/mol. The van der Waals surface area contributed by atoms with Crippen LogP contribution in [0.1, 0.15) is 29.7 Å². The number of amides is 1. The highest BCUT2D eigenvalue weighted by atomic mass is 16.5. The molecular formula is C22H27NO5. The zero-order valence-corrected chi connectivity index (χ0v) is 17.2. The molecule has 0 aromatic heterocycles. The predicted octanol–water partition coefficient (Wildman–Crippen LogP) is 3.92. The summed E-state index contributed by atoms with van der Waals surface area (Å²) < 4.78 is 21.2. The van der Waals surface area contributed by atoms with Gasteiger partial charge in [-0.1, -0.05) is 0 Å². The molecule has 0 unspecified atom stereocenters. The van der Waals surface area contributed by atoms with E-state index in [1.165, 1.54) is 6.08 Å². The summed E-state index contributed by atoms with van der Waals surface area (Å²) in [4.78, 5) is 12.4. The SMILES string of the molecule is COc1ccc(OC)c(/C=C/C(=O)N[C@@H](C)c2cc(OC)c(OC)cc2C)c1. The van der Waals surface area contributed by atoms with E-state index in [1.807, 2.05) is 32.0 Å². The maximum Gasteiger partial charge on any atom is 0.244 e. The fourth-order valence-corrected chi connectivity index (χ4v) is 2.94. The molecular weight excluding hydrogens is 358 g/mol. The molecule has 0 spiro atoms. The number of hydrogen-bond donors (Lipinski definition) is 1. The van der Waals surface area contributed by atoms with Gasteiger partial charge in [0.2, 0.25) is 5.91 Å². The Morgan fingerprint density at radius 3 is 2.18 bits per heavy atom. The first kappa shape index (κ1) is 21.2. The fraction of sp³-hybridized carbons (Fsp3) is 0.318. The number of aryl methyl sites for hydroxylation is 1. The lowest BCUT2D eigenvalue weighted by molar-refractivity contribution is -0.117. The Hall–Kier alpha value is -3.15. The van der Waals surface area contributed by atoms with E-state index in [0.717, 1.165) is 16.7 Å². The van der Waals surface area contributed by atoms with Crippen molar-refractivity contribution in [2.45, 2.75) is 19.9 Å². The van der Waals surface area contributed by atoms with Crippen molar-refractivity contribution < 1.29 is 23.7 Å². The van der Waals surface area contributed by atoms with Crippen molar-refractivity contribution in [1.29, 1.82) is 0 Å². The second kappa shape index (κ2) is 9.69. The van der Waals surface area contributed by atoms with Crippen molar-refractivity contribution in [2.75, 3.05) is 28.4 Å². The van der Waals surface area contributed by atoms with Gasteiger partial charge in [0.05, 0.1) is 34.5 Å². The average Bonchev–Trinajstić information content (AvgIpc) is 2.71. The van der Waals surface area contributed by atoms with Gasteiger partial charge < -0.3 is 24.3 Å². The molecule has 2 aromatic carbocycles. The van der Waals surface area contributed by atoms with Crippen LogP contribution < -0.4 is 24.3 Å². The minimum Gasteiger partial charge on any atom is -0.497 e. The van der Waals surface area contributed by atoms with E-state index in [1.54, 1.807) is 46.6 Å². The minimum absolute atomic E-state index is 0.204. The first-order valence-electron chi connectivity index (χ1n) is 8.86. The highest BCUT2D eigenvalue weighted by molar-refractivity contribution is 5.92. The van der Waals surface area contributed by atoms with Crippen LogP contribution in [0.15, 0.2) is 36.4 Å². The number of nitrogens with one attached hydrogen (secondary N) is 1. The predicted molar refractivity (Wildman–Crippen MR) is 109 cm³/mol. The molecule has 6 nitrogen and oxygen atoms in total. The molecule has 1 atom stereocenters. The van der Waals surface area contributed by atoms with E-state index in [-0.39, 0.29) is 11.9 Å². The highest BCUT2D eigenvalue weighted by Crippen LogP contribution is 2.33. The third-order valence-corrected chi connectivity index (χ3v) is 4.45. The van der Waals surface area contributed by atoms with E-state index in [4.69, 9.17) is 18.9 Å². The lowest BCUT2D eigenvalue weighted by Gasteiger charge is -2.18. The van der Waals surface area contributed by atoms with Gasteiger partial charge >= 0.3 is 0 Å². The van der Waals surface area contributed by atoms with Crippen molar-refractivity contribution in [3.05, 3.63) is 53.1 Å². The van der Waals surface area contributed by atoms with E-state index < -0.39 is 0 Å². The van der Waals surface area contributed by atoms with Crippen LogP contribution in [0.4, 0.5) is 0 Å². The molecule has 28 heavy (non-hydrogen) atoms. The maximum absolute atomic E-state index is 12.4. The van der Waals surface area contributed by atoms with Crippen molar-refractivity contribution in [3.8, 4) is 23.0 Å². The molecule has 150 valence electrons. The molecule has 1 N–H and O–H groups in total. The van der Waals surface area contributed by atoms with Gasteiger partial charge in [0.1, 0.15) is 11.5 Å². The van der Waals surface area contributed by atoms with Crippen molar-refractivity contribution in [3.63, 3.8) is 0 Å². The highest BCUT2D eigenvalue weighted by Gasteiger charge is 2.15. The molecule has 6 heteroatoms. The van der Waals surface area contributed by atoms with Gasteiger partial charge in [0.15, 0.2) is 11.5 Å². The molecule has 0 aliphatic rings. The monoisotopic (exact) mass is 385 g/mol. The molecule has 2 aromatic rings. The third-order valence-electron chi connectivity index (χ3n) is 4.45. The number of ether oxygens (including phenoxy) is 4. The van der Waals surface area contributed by atoms with Gasteiger partial charge in [-0.25, -0.2) is 0 Å². The summed E-state index contributed by atoms with van der Waals surface area (Å²) in [5.74, 6) is 2.42. The second-order valence-corrected chi connectivity index (χ2v) is 6.24. The van der Waals surface area contributed by atoms with Crippen LogP contribution in [-0.4, -0.2) is 34.3 Å². The maximum atomic E-state index is 12.4. The summed E-state index contributed by atoms with van der Waals surface area (Å²) >= 11 is 0. The van der Waals surface area contributed by atoms with Gasteiger partial charge in [-0.05, 0) is 61.4 Å². The van der Waals surface area contributed by atoms with Gasteiger partial charge in [-0.3, -0.25) is 4.79 Å². The number of carbonyl (C=O) groups excluding carboxylic acids is 1. The summed E-state index contributed by atoms with van der Waals surface area (Å²) in [6.45, 7) is 3.89. The van der Waals surface area contributed by atoms with Crippen LogP contribution in [0, 0.1) is 6.92 Å². The number of benzene rings is 2. The van der Waals surface area contributed by atoms with E-state index in [2.05, 4.69) is 5.32 Å².